The van der Waals surface area contributed by atoms with Gasteiger partial charge in [0.15, 0.2) is 0 Å². The topological polar surface area (TPSA) is 101 Å². The van der Waals surface area contributed by atoms with Crippen LogP contribution in [0.1, 0.15) is 16.9 Å². The zero-order valence-corrected chi connectivity index (χ0v) is 10.3. The summed E-state index contributed by atoms with van der Waals surface area (Å²) in [6.45, 7) is 0. The number of carbonyl (C=O) groups is 2. The molecule has 0 aliphatic carbocycles. The van der Waals surface area contributed by atoms with E-state index in [2.05, 4.69) is 4.98 Å². The normalized spacial score (nSPS) is 11.3. The first kappa shape index (κ1) is 13.5. The van der Waals surface area contributed by atoms with E-state index in [1.165, 1.54) is 6.26 Å². The van der Waals surface area contributed by atoms with Crippen LogP contribution in [0.15, 0.2) is 47.3 Å². The molecule has 0 unspecified atom stereocenters. The molecule has 2 rings (SSSR count). The molecule has 2 heterocycles. The van der Waals surface area contributed by atoms with Crippen LogP contribution in [-0.4, -0.2) is 26.9 Å². The van der Waals surface area contributed by atoms with E-state index in [1.54, 1.807) is 18.5 Å². The number of aliphatic hydroxyl groups excluding tert-OH is 1. The van der Waals surface area contributed by atoms with Crippen molar-refractivity contribution in [1.29, 1.82) is 0 Å². The van der Waals surface area contributed by atoms with E-state index in [-0.39, 0.29) is 5.56 Å². The van der Waals surface area contributed by atoms with Crippen LogP contribution in [0.25, 0.3) is 5.76 Å². The van der Waals surface area contributed by atoms with Crippen LogP contribution in [0.5, 0.6) is 0 Å². The van der Waals surface area contributed by atoms with Gasteiger partial charge in [-0.3, -0.25) is 9.78 Å². The van der Waals surface area contributed by atoms with E-state index in [0.29, 0.717) is 18.3 Å². The number of carboxylic acid groups (broad SMARTS) is 1. The molecule has 6 nitrogen and oxygen atoms in total. The van der Waals surface area contributed by atoms with Gasteiger partial charge in [-0.05, 0) is 23.8 Å². The number of ketones is 1. The van der Waals surface area contributed by atoms with Crippen LogP contribution in [0, 0.1) is 0 Å². The Morgan fingerprint density at radius 3 is 2.60 bits per heavy atom. The van der Waals surface area contributed by atoms with Gasteiger partial charge in [0, 0.05) is 24.9 Å². The monoisotopic (exact) mass is 273 g/mol. The largest absolute Gasteiger partial charge is 0.507 e. The maximum atomic E-state index is 11.0. The van der Waals surface area contributed by atoms with Crippen molar-refractivity contribution < 1.29 is 24.2 Å². The van der Waals surface area contributed by atoms with Crippen LogP contribution in [0.2, 0.25) is 0 Å². The molecule has 0 saturated heterocycles. The first-order valence-corrected chi connectivity index (χ1v) is 5.71. The minimum atomic E-state index is -1.63. The first-order valence-electron chi connectivity index (χ1n) is 5.71. The third kappa shape index (κ3) is 3.32. The summed E-state index contributed by atoms with van der Waals surface area (Å²) in [5.41, 5.74) is 1.23. The fraction of sp³-hybridized carbons (Fsp3) is 0.0714. The molecule has 0 aromatic carbocycles. The average Bonchev–Trinajstić information content (AvgIpc) is 2.88. The lowest BCUT2D eigenvalue weighted by Crippen LogP contribution is -2.09. The molecule has 0 fully saturated rings. The molecule has 2 aromatic heterocycles. The second kappa shape index (κ2) is 5.83. The van der Waals surface area contributed by atoms with Gasteiger partial charge in [0.05, 0.1) is 5.56 Å². The standard InChI is InChI=1S/C14H11NO5/c16-12(7-13(17)14(18)19)10-6-11(20-8-10)5-9-1-3-15-4-2-9/h1-4,6-8,16H,5H2,(H,18,19). The fourth-order valence-corrected chi connectivity index (χ4v) is 1.58. The van der Waals surface area contributed by atoms with Crippen molar-refractivity contribution in [1.82, 2.24) is 4.98 Å². The highest BCUT2D eigenvalue weighted by Gasteiger charge is 2.12. The highest BCUT2D eigenvalue weighted by atomic mass is 16.4. The third-order valence-corrected chi connectivity index (χ3v) is 2.56. The lowest BCUT2D eigenvalue weighted by molar-refractivity contribution is -0.146. The molecular formula is C14H11NO5. The highest BCUT2D eigenvalue weighted by Crippen LogP contribution is 2.18. The number of furan rings is 1. The van der Waals surface area contributed by atoms with Crippen molar-refractivity contribution in [3.05, 3.63) is 59.8 Å². The summed E-state index contributed by atoms with van der Waals surface area (Å²) in [4.78, 5) is 25.2. The third-order valence-electron chi connectivity index (χ3n) is 2.56. The van der Waals surface area contributed by atoms with E-state index >= 15 is 0 Å². The number of aromatic nitrogens is 1. The molecule has 2 N–H and O–H groups in total. The number of aliphatic carboxylic acids is 1. The Bertz CT molecular complexity index is 657. The van der Waals surface area contributed by atoms with Gasteiger partial charge in [-0.25, -0.2) is 4.79 Å². The summed E-state index contributed by atoms with van der Waals surface area (Å²) in [5.74, 6) is -2.69. The van der Waals surface area contributed by atoms with Gasteiger partial charge >= 0.3 is 5.97 Å². The van der Waals surface area contributed by atoms with Crippen LogP contribution in [-0.2, 0) is 16.0 Å². The molecule has 0 saturated carbocycles. The molecular weight excluding hydrogens is 262 g/mol. The van der Waals surface area contributed by atoms with Crippen molar-refractivity contribution >= 4 is 17.5 Å². The molecule has 0 spiro atoms. The minimum Gasteiger partial charge on any atom is -0.507 e. The van der Waals surface area contributed by atoms with Gasteiger partial charge in [-0.1, -0.05) is 0 Å². The Balaban J connectivity index is 2.13. The molecule has 2 aromatic rings. The van der Waals surface area contributed by atoms with E-state index in [4.69, 9.17) is 9.52 Å². The predicted molar refractivity (Wildman–Crippen MR) is 69.0 cm³/mol. The fourth-order valence-electron chi connectivity index (χ4n) is 1.58. The number of rotatable bonds is 5. The second-order valence-corrected chi connectivity index (χ2v) is 4.03. The molecule has 0 amide bonds. The van der Waals surface area contributed by atoms with Crippen LogP contribution in [0.3, 0.4) is 0 Å². The zero-order chi connectivity index (χ0) is 14.5. The van der Waals surface area contributed by atoms with Crippen LogP contribution < -0.4 is 0 Å². The Labute approximate surface area is 114 Å². The number of aliphatic hydroxyl groups is 1. The molecule has 0 aliphatic rings. The van der Waals surface area contributed by atoms with E-state index in [1.807, 2.05) is 12.1 Å². The maximum Gasteiger partial charge on any atom is 0.376 e. The molecule has 0 aliphatic heterocycles. The Hall–Kier alpha value is -2.89. The number of nitrogens with zero attached hydrogens (tertiary/aromatic N) is 1. The predicted octanol–water partition coefficient (Wildman–Crippen LogP) is 1.82. The number of hydrogen-bond donors (Lipinski definition) is 2. The highest BCUT2D eigenvalue weighted by molar-refractivity contribution is 6.38. The summed E-state index contributed by atoms with van der Waals surface area (Å²) < 4.78 is 5.25. The summed E-state index contributed by atoms with van der Waals surface area (Å²) in [6, 6.07) is 5.19. The minimum absolute atomic E-state index is 0.253. The van der Waals surface area contributed by atoms with Gasteiger partial charge in [-0.15, -0.1) is 0 Å². The van der Waals surface area contributed by atoms with Crippen molar-refractivity contribution in [3.63, 3.8) is 0 Å². The van der Waals surface area contributed by atoms with Crippen LogP contribution >= 0.6 is 0 Å². The Morgan fingerprint density at radius 2 is 1.95 bits per heavy atom. The lowest BCUT2D eigenvalue weighted by Gasteiger charge is -1.95. The Morgan fingerprint density at radius 1 is 1.25 bits per heavy atom. The van der Waals surface area contributed by atoms with E-state index < -0.39 is 17.5 Å². The molecule has 20 heavy (non-hydrogen) atoms. The zero-order valence-electron chi connectivity index (χ0n) is 10.3. The van der Waals surface area contributed by atoms with E-state index in [0.717, 1.165) is 5.56 Å². The van der Waals surface area contributed by atoms with Gasteiger partial charge in [0.1, 0.15) is 17.8 Å². The summed E-state index contributed by atoms with van der Waals surface area (Å²) in [6.07, 6.45) is 5.72. The number of hydrogen-bond acceptors (Lipinski definition) is 5. The molecule has 0 radical (unpaired) electrons. The Kier molecular flexibility index (Phi) is 3.95. The van der Waals surface area contributed by atoms with Crippen molar-refractivity contribution in [2.75, 3.05) is 0 Å². The quantitative estimate of drug-likeness (QED) is 0.489. The van der Waals surface area contributed by atoms with Gasteiger partial charge in [-0.2, -0.15) is 0 Å². The van der Waals surface area contributed by atoms with Crippen molar-refractivity contribution in [2.45, 2.75) is 6.42 Å². The molecule has 102 valence electrons. The second-order valence-electron chi connectivity index (χ2n) is 4.03. The maximum absolute atomic E-state index is 11.0. The summed E-state index contributed by atoms with van der Waals surface area (Å²) in [7, 11) is 0. The number of carbonyl (C=O) groups excluding carboxylic acids is 1. The van der Waals surface area contributed by atoms with Crippen molar-refractivity contribution in [2.24, 2.45) is 0 Å². The smallest absolute Gasteiger partial charge is 0.376 e. The molecule has 6 heteroatoms. The van der Waals surface area contributed by atoms with Gasteiger partial charge in [0.25, 0.3) is 5.78 Å². The molecule has 0 atom stereocenters. The number of pyridine rings is 1. The first-order chi connectivity index (χ1) is 9.56. The van der Waals surface area contributed by atoms with Crippen molar-refractivity contribution in [3.8, 4) is 0 Å². The summed E-state index contributed by atoms with van der Waals surface area (Å²) >= 11 is 0. The van der Waals surface area contributed by atoms with E-state index in [9.17, 15) is 14.7 Å². The van der Waals surface area contributed by atoms with Gasteiger partial charge in [0.2, 0.25) is 0 Å². The van der Waals surface area contributed by atoms with Crippen LogP contribution in [0.4, 0.5) is 0 Å². The lowest BCUT2D eigenvalue weighted by atomic mass is 10.1. The average molecular weight is 273 g/mol. The summed E-state index contributed by atoms with van der Waals surface area (Å²) in [5, 5.41) is 18.1. The van der Waals surface area contributed by atoms with Gasteiger partial charge < -0.3 is 14.6 Å². The molecule has 0 bridgehead atoms. The SMILES string of the molecule is O=C(O)C(=O)C=C(O)c1coc(Cc2ccncc2)c1. The number of carboxylic acids is 1.